The summed E-state index contributed by atoms with van der Waals surface area (Å²) in [6, 6.07) is 9.68. The number of sulfone groups is 1. The van der Waals surface area contributed by atoms with Crippen LogP contribution in [0.5, 0.6) is 0 Å². The predicted molar refractivity (Wildman–Crippen MR) is 86.5 cm³/mol. The fourth-order valence-corrected chi connectivity index (χ4v) is 3.06. The summed E-state index contributed by atoms with van der Waals surface area (Å²) in [5, 5.41) is 2.68. The molecule has 2 aromatic rings. The lowest BCUT2D eigenvalue weighted by molar-refractivity contribution is 0.102. The highest BCUT2D eigenvalue weighted by Crippen LogP contribution is 2.22. The van der Waals surface area contributed by atoms with Crippen LogP contribution >= 0.6 is 15.9 Å². The number of carbonyl (C=O) groups excluding carboxylic acids is 1. The summed E-state index contributed by atoms with van der Waals surface area (Å²) >= 11 is 3.31. The van der Waals surface area contributed by atoms with Crippen molar-refractivity contribution in [1.29, 1.82) is 0 Å². The number of aryl methyl sites for hydroxylation is 1. The second kappa shape index (κ2) is 6.76. The Morgan fingerprint density at radius 3 is 2.26 bits per heavy atom. The van der Waals surface area contributed by atoms with Crippen LogP contribution in [0.25, 0.3) is 0 Å². The second-order valence-corrected chi connectivity index (χ2v) is 7.58. The molecule has 2 rings (SSSR count). The molecule has 0 heterocycles. The first-order chi connectivity index (χ1) is 10.7. The van der Waals surface area contributed by atoms with Gasteiger partial charge in [0.05, 0.1) is 4.90 Å². The van der Waals surface area contributed by atoms with Gasteiger partial charge in [-0.05, 0) is 55.0 Å². The van der Waals surface area contributed by atoms with Gasteiger partial charge in [0.25, 0.3) is 5.91 Å². The van der Waals surface area contributed by atoms with Crippen LogP contribution in [0.4, 0.5) is 14.5 Å². The van der Waals surface area contributed by atoms with E-state index in [2.05, 4.69) is 21.2 Å². The van der Waals surface area contributed by atoms with Gasteiger partial charge in [0.1, 0.15) is 0 Å². The first-order valence-corrected chi connectivity index (χ1v) is 8.75. The SMILES string of the molecule is Cc1cc(Br)ccc1NC(=O)c1ccc(S(=O)(=O)C(F)F)cc1. The predicted octanol–water partition coefficient (Wildman–Crippen LogP) is 4.01. The monoisotopic (exact) mass is 403 g/mol. The van der Waals surface area contributed by atoms with Crippen LogP contribution in [0, 0.1) is 6.92 Å². The molecule has 0 atom stereocenters. The molecule has 2 aromatic carbocycles. The maximum Gasteiger partial charge on any atom is 0.341 e. The molecule has 1 N–H and O–H groups in total. The van der Waals surface area contributed by atoms with Gasteiger partial charge in [-0.2, -0.15) is 8.78 Å². The zero-order valence-electron chi connectivity index (χ0n) is 11.9. The fourth-order valence-electron chi connectivity index (χ4n) is 1.86. The highest BCUT2D eigenvalue weighted by Gasteiger charge is 2.26. The third kappa shape index (κ3) is 3.94. The van der Waals surface area contributed by atoms with E-state index in [1.807, 2.05) is 13.0 Å². The summed E-state index contributed by atoms with van der Waals surface area (Å²) in [6.45, 7) is 1.82. The molecule has 8 heteroatoms. The number of rotatable bonds is 4. The molecule has 1 amide bonds. The van der Waals surface area contributed by atoms with Crippen molar-refractivity contribution in [2.75, 3.05) is 5.32 Å². The number of amides is 1. The van der Waals surface area contributed by atoms with Crippen LogP contribution in [-0.4, -0.2) is 20.1 Å². The van der Waals surface area contributed by atoms with E-state index in [1.54, 1.807) is 12.1 Å². The molecular formula is C15H12BrF2NO3S. The van der Waals surface area contributed by atoms with Gasteiger partial charge in [-0.15, -0.1) is 0 Å². The molecule has 0 aromatic heterocycles. The molecule has 0 aliphatic heterocycles. The van der Waals surface area contributed by atoms with Crippen molar-refractivity contribution in [2.24, 2.45) is 0 Å². The van der Waals surface area contributed by atoms with E-state index >= 15 is 0 Å². The zero-order chi connectivity index (χ0) is 17.2. The molecule has 0 radical (unpaired) electrons. The van der Waals surface area contributed by atoms with E-state index in [0.29, 0.717) is 5.69 Å². The molecule has 0 unspecified atom stereocenters. The van der Waals surface area contributed by atoms with E-state index in [1.165, 1.54) is 12.1 Å². The Hall–Kier alpha value is -1.80. The first-order valence-electron chi connectivity index (χ1n) is 6.41. The normalized spacial score (nSPS) is 11.5. The molecule has 0 saturated carbocycles. The Bertz CT molecular complexity index is 836. The minimum atomic E-state index is -4.66. The van der Waals surface area contributed by atoms with Gasteiger partial charge < -0.3 is 5.32 Å². The number of alkyl halides is 2. The average Bonchev–Trinajstić information content (AvgIpc) is 2.50. The van der Waals surface area contributed by atoms with Gasteiger partial charge in [-0.25, -0.2) is 8.42 Å². The maximum absolute atomic E-state index is 12.5. The Balaban J connectivity index is 2.21. The van der Waals surface area contributed by atoms with E-state index < -0.39 is 26.4 Å². The number of benzene rings is 2. The lowest BCUT2D eigenvalue weighted by Gasteiger charge is -2.09. The molecule has 0 aliphatic carbocycles. The molecule has 0 bridgehead atoms. The van der Waals surface area contributed by atoms with Crippen molar-refractivity contribution in [3.8, 4) is 0 Å². The number of hydrogen-bond donors (Lipinski definition) is 1. The summed E-state index contributed by atoms with van der Waals surface area (Å²) in [5.41, 5.74) is 1.60. The quantitative estimate of drug-likeness (QED) is 0.838. The molecular weight excluding hydrogens is 392 g/mol. The number of carbonyl (C=O) groups is 1. The molecule has 23 heavy (non-hydrogen) atoms. The van der Waals surface area contributed by atoms with E-state index in [4.69, 9.17) is 0 Å². The molecule has 0 spiro atoms. The highest BCUT2D eigenvalue weighted by atomic mass is 79.9. The largest absolute Gasteiger partial charge is 0.341 e. The lowest BCUT2D eigenvalue weighted by atomic mass is 10.1. The van der Waals surface area contributed by atoms with Crippen LogP contribution in [0.15, 0.2) is 51.8 Å². The van der Waals surface area contributed by atoms with E-state index in [0.717, 1.165) is 22.2 Å². The van der Waals surface area contributed by atoms with Gasteiger partial charge in [-0.1, -0.05) is 15.9 Å². The third-order valence-electron chi connectivity index (χ3n) is 3.12. The van der Waals surface area contributed by atoms with Gasteiger partial charge in [0, 0.05) is 15.7 Å². The second-order valence-electron chi connectivity index (χ2n) is 4.74. The Labute approximate surface area is 140 Å². The van der Waals surface area contributed by atoms with Crippen LogP contribution in [-0.2, 0) is 9.84 Å². The van der Waals surface area contributed by atoms with Gasteiger partial charge >= 0.3 is 5.76 Å². The van der Waals surface area contributed by atoms with Crippen LogP contribution in [0.3, 0.4) is 0 Å². The lowest BCUT2D eigenvalue weighted by Crippen LogP contribution is -2.14. The summed E-state index contributed by atoms with van der Waals surface area (Å²) in [5.74, 6) is -3.95. The van der Waals surface area contributed by atoms with E-state index in [9.17, 15) is 22.0 Å². The van der Waals surface area contributed by atoms with Crippen molar-refractivity contribution >= 4 is 37.4 Å². The number of halogens is 3. The van der Waals surface area contributed by atoms with Crippen molar-refractivity contribution in [3.05, 3.63) is 58.1 Å². The average molecular weight is 404 g/mol. The molecule has 4 nitrogen and oxygen atoms in total. The van der Waals surface area contributed by atoms with E-state index in [-0.39, 0.29) is 5.56 Å². The maximum atomic E-state index is 12.5. The van der Waals surface area contributed by atoms with Gasteiger partial charge in [0.15, 0.2) is 0 Å². The Morgan fingerprint density at radius 2 is 1.74 bits per heavy atom. The van der Waals surface area contributed by atoms with Gasteiger partial charge in [0.2, 0.25) is 9.84 Å². The summed E-state index contributed by atoms with van der Waals surface area (Å²) in [6.07, 6.45) is 0. The molecule has 0 fully saturated rings. The summed E-state index contributed by atoms with van der Waals surface area (Å²) < 4.78 is 48.4. The first kappa shape index (κ1) is 17.6. The smallest absolute Gasteiger partial charge is 0.322 e. The standard InChI is InChI=1S/C15H12BrF2NO3S/c1-9-8-11(16)4-7-13(9)19-14(20)10-2-5-12(6-3-10)23(21,22)15(17)18/h2-8,15H,1H3,(H,19,20). The van der Waals surface area contributed by atoms with Crippen LogP contribution in [0.1, 0.15) is 15.9 Å². The third-order valence-corrected chi connectivity index (χ3v) is 5.01. The molecule has 122 valence electrons. The molecule has 0 aliphatic rings. The minimum Gasteiger partial charge on any atom is -0.322 e. The zero-order valence-corrected chi connectivity index (χ0v) is 14.3. The molecule has 0 saturated heterocycles. The number of nitrogens with one attached hydrogen (secondary N) is 1. The topological polar surface area (TPSA) is 63.2 Å². The number of hydrogen-bond acceptors (Lipinski definition) is 3. The summed E-state index contributed by atoms with van der Waals surface area (Å²) in [7, 11) is -4.66. The van der Waals surface area contributed by atoms with Crippen molar-refractivity contribution in [2.45, 2.75) is 17.6 Å². The summed E-state index contributed by atoms with van der Waals surface area (Å²) in [4.78, 5) is 11.6. The van der Waals surface area contributed by atoms with Crippen LogP contribution in [0.2, 0.25) is 0 Å². The highest BCUT2D eigenvalue weighted by molar-refractivity contribution is 9.10. The van der Waals surface area contributed by atoms with Gasteiger partial charge in [-0.3, -0.25) is 4.79 Å². The minimum absolute atomic E-state index is 0.167. The van der Waals surface area contributed by atoms with Crippen molar-refractivity contribution < 1.29 is 22.0 Å². The Kier molecular flexibility index (Phi) is 5.16. The number of anilines is 1. The van der Waals surface area contributed by atoms with Crippen LogP contribution < -0.4 is 5.32 Å². The Morgan fingerprint density at radius 1 is 1.13 bits per heavy atom. The fraction of sp³-hybridized carbons (Fsp3) is 0.133. The van der Waals surface area contributed by atoms with Crippen molar-refractivity contribution in [1.82, 2.24) is 0 Å². The van der Waals surface area contributed by atoms with Crippen molar-refractivity contribution in [3.63, 3.8) is 0 Å².